The highest BCUT2D eigenvalue weighted by molar-refractivity contribution is 7.87. The van der Waals surface area contributed by atoms with E-state index in [-0.39, 0.29) is 4.90 Å². The second kappa shape index (κ2) is 6.64. The molecule has 0 aliphatic carbocycles. The zero-order valence-corrected chi connectivity index (χ0v) is 17.2. The topological polar surface area (TPSA) is 43.4 Å². The minimum Gasteiger partial charge on any atom is -0.378 e. The molecule has 0 fully saturated rings. The Labute approximate surface area is 166 Å². The molecule has 3 aromatic carbocycles. The summed E-state index contributed by atoms with van der Waals surface area (Å²) in [6, 6.07) is 19.6. The predicted octanol–water partition coefficient (Wildman–Crippen LogP) is 5.56. The van der Waals surface area contributed by atoms with Crippen LogP contribution in [0.15, 0.2) is 65.6 Å². The molecule has 0 aromatic heterocycles. The molecule has 4 heteroatoms. The zero-order chi connectivity index (χ0) is 20.1. The molecule has 3 aromatic rings. The van der Waals surface area contributed by atoms with Gasteiger partial charge in [-0.15, -0.1) is 0 Å². The van der Waals surface area contributed by atoms with Crippen LogP contribution >= 0.6 is 0 Å². The van der Waals surface area contributed by atoms with Crippen LogP contribution in [0.3, 0.4) is 0 Å². The van der Waals surface area contributed by atoms with Gasteiger partial charge in [0.2, 0.25) is 0 Å². The van der Waals surface area contributed by atoms with Crippen molar-refractivity contribution in [1.29, 1.82) is 0 Å². The lowest BCUT2D eigenvalue weighted by Gasteiger charge is -2.26. The summed E-state index contributed by atoms with van der Waals surface area (Å²) >= 11 is 0. The van der Waals surface area contributed by atoms with E-state index >= 15 is 0 Å². The second-order valence-corrected chi connectivity index (χ2v) is 8.92. The van der Waals surface area contributed by atoms with Crippen LogP contribution in [0, 0.1) is 27.7 Å². The molecule has 0 saturated heterocycles. The number of rotatable bonds is 2. The summed E-state index contributed by atoms with van der Waals surface area (Å²) in [7, 11) is -3.90. The lowest BCUT2D eigenvalue weighted by molar-refractivity contribution is 0.460. The van der Waals surface area contributed by atoms with E-state index in [9.17, 15) is 8.42 Å². The standard InChI is InChI=1S/C24H22O3S/c1-15-5-9-19(10-6-15)22-21-14-17(3)13-18(4)24(21)28(25,26)27-23(22)20-11-7-16(2)8-12-20/h5-14H,1-4H3. The van der Waals surface area contributed by atoms with E-state index in [4.69, 9.17) is 4.18 Å². The first-order valence-corrected chi connectivity index (χ1v) is 10.6. The normalized spacial score (nSPS) is 15.1. The van der Waals surface area contributed by atoms with Gasteiger partial charge in [0.15, 0.2) is 5.76 Å². The summed E-state index contributed by atoms with van der Waals surface area (Å²) in [4.78, 5) is 0.254. The summed E-state index contributed by atoms with van der Waals surface area (Å²) in [5, 5.41) is 0. The van der Waals surface area contributed by atoms with E-state index in [0.29, 0.717) is 16.9 Å². The fraction of sp³-hybridized carbons (Fsp3) is 0.167. The maximum atomic E-state index is 13.0. The van der Waals surface area contributed by atoms with E-state index in [1.807, 2.05) is 88.4 Å². The number of aryl methyl sites for hydroxylation is 4. The van der Waals surface area contributed by atoms with Gasteiger partial charge in [0.05, 0.1) is 0 Å². The van der Waals surface area contributed by atoms with E-state index < -0.39 is 10.1 Å². The van der Waals surface area contributed by atoms with Gasteiger partial charge in [-0.25, -0.2) is 0 Å². The Kier molecular flexibility index (Phi) is 4.39. The molecule has 0 unspecified atom stereocenters. The molecule has 0 radical (unpaired) electrons. The van der Waals surface area contributed by atoms with Crippen molar-refractivity contribution < 1.29 is 12.6 Å². The van der Waals surface area contributed by atoms with Crippen LogP contribution in [-0.4, -0.2) is 8.42 Å². The summed E-state index contributed by atoms with van der Waals surface area (Å²) in [6.07, 6.45) is 0. The fourth-order valence-corrected chi connectivity index (χ4v) is 5.06. The van der Waals surface area contributed by atoms with Crippen LogP contribution in [0.4, 0.5) is 0 Å². The maximum absolute atomic E-state index is 13.0. The van der Waals surface area contributed by atoms with Gasteiger partial charge in [0.25, 0.3) is 0 Å². The minimum atomic E-state index is -3.90. The van der Waals surface area contributed by atoms with Crippen LogP contribution < -0.4 is 0 Å². The van der Waals surface area contributed by atoms with E-state index in [1.165, 1.54) is 0 Å². The first-order valence-electron chi connectivity index (χ1n) is 9.21. The van der Waals surface area contributed by atoms with Crippen LogP contribution in [-0.2, 0) is 14.3 Å². The van der Waals surface area contributed by atoms with Gasteiger partial charge >= 0.3 is 10.1 Å². The van der Waals surface area contributed by atoms with Crippen LogP contribution in [0.5, 0.6) is 0 Å². The highest BCUT2D eigenvalue weighted by Crippen LogP contribution is 2.44. The lowest BCUT2D eigenvalue weighted by atomic mass is 9.91. The molecule has 0 N–H and O–H groups in total. The maximum Gasteiger partial charge on any atom is 0.340 e. The molecule has 142 valence electrons. The fourth-order valence-electron chi connectivity index (χ4n) is 3.69. The largest absolute Gasteiger partial charge is 0.378 e. The van der Waals surface area contributed by atoms with Gasteiger partial charge in [0, 0.05) is 16.7 Å². The van der Waals surface area contributed by atoms with Gasteiger partial charge in [-0.3, -0.25) is 0 Å². The van der Waals surface area contributed by atoms with Crippen molar-refractivity contribution in [1.82, 2.24) is 0 Å². The Morgan fingerprint density at radius 3 is 1.79 bits per heavy atom. The molecule has 1 aliphatic heterocycles. The summed E-state index contributed by atoms with van der Waals surface area (Å²) < 4.78 is 31.8. The molecular weight excluding hydrogens is 368 g/mol. The monoisotopic (exact) mass is 390 g/mol. The first-order chi connectivity index (χ1) is 13.3. The lowest BCUT2D eigenvalue weighted by Crippen LogP contribution is -2.17. The summed E-state index contributed by atoms with van der Waals surface area (Å²) in [6.45, 7) is 7.83. The van der Waals surface area contributed by atoms with Crippen molar-refractivity contribution in [2.75, 3.05) is 0 Å². The Morgan fingerprint density at radius 2 is 1.21 bits per heavy atom. The predicted molar refractivity (Wildman–Crippen MR) is 112 cm³/mol. The Bertz CT molecular complexity index is 1200. The minimum absolute atomic E-state index is 0.254. The van der Waals surface area contributed by atoms with Crippen LogP contribution in [0.1, 0.15) is 38.9 Å². The van der Waals surface area contributed by atoms with Gasteiger partial charge < -0.3 is 4.18 Å². The highest BCUT2D eigenvalue weighted by atomic mass is 32.2. The molecule has 0 saturated carbocycles. The molecule has 0 spiro atoms. The molecule has 28 heavy (non-hydrogen) atoms. The molecular formula is C24H22O3S. The van der Waals surface area contributed by atoms with Crippen molar-refractivity contribution in [3.8, 4) is 0 Å². The van der Waals surface area contributed by atoms with Gasteiger partial charge in [-0.2, -0.15) is 8.42 Å². The van der Waals surface area contributed by atoms with Crippen molar-refractivity contribution in [2.24, 2.45) is 0 Å². The van der Waals surface area contributed by atoms with Gasteiger partial charge in [-0.05, 0) is 44.9 Å². The number of hydrogen-bond donors (Lipinski definition) is 0. The SMILES string of the molecule is Cc1ccc(C2=C(c3ccc(C)cc3)c3cc(C)cc(C)c3S(=O)(=O)O2)cc1. The van der Waals surface area contributed by atoms with Crippen molar-refractivity contribution >= 4 is 21.5 Å². The first kappa shape index (κ1) is 18.5. The van der Waals surface area contributed by atoms with Crippen molar-refractivity contribution in [3.63, 3.8) is 0 Å². The second-order valence-electron chi connectivity index (χ2n) is 7.43. The molecule has 0 atom stereocenters. The van der Waals surface area contributed by atoms with Crippen molar-refractivity contribution in [2.45, 2.75) is 32.6 Å². The number of hydrogen-bond acceptors (Lipinski definition) is 3. The van der Waals surface area contributed by atoms with Crippen molar-refractivity contribution in [3.05, 3.63) is 99.6 Å². The van der Waals surface area contributed by atoms with Crippen LogP contribution in [0.2, 0.25) is 0 Å². The van der Waals surface area contributed by atoms with E-state index in [0.717, 1.165) is 33.4 Å². The molecule has 0 bridgehead atoms. The Hall–Kier alpha value is -2.85. The Balaban J connectivity index is 2.12. The van der Waals surface area contributed by atoms with E-state index in [2.05, 4.69) is 0 Å². The number of benzene rings is 3. The quantitative estimate of drug-likeness (QED) is 0.538. The average molecular weight is 391 g/mol. The molecule has 1 heterocycles. The van der Waals surface area contributed by atoms with Gasteiger partial charge in [-0.1, -0.05) is 71.3 Å². The molecule has 0 amide bonds. The average Bonchev–Trinajstić information content (AvgIpc) is 2.62. The highest BCUT2D eigenvalue weighted by Gasteiger charge is 2.34. The summed E-state index contributed by atoms with van der Waals surface area (Å²) in [5.74, 6) is 0.376. The molecule has 4 rings (SSSR count). The Morgan fingerprint density at radius 1 is 0.679 bits per heavy atom. The smallest absolute Gasteiger partial charge is 0.340 e. The zero-order valence-electron chi connectivity index (χ0n) is 16.4. The molecule has 3 nitrogen and oxygen atoms in total. The summed E-state index contributed by atoms with van der Waals surface area (Å²) in [5.41, 5.74) is 7.14. The van der Waals surface area contributed by atoms with E-state index in [1.54, 1.807) is 0 Å². The van der Waals surface area contributed by atoms with Gasteiger partial charge in [0.1, 0.15) is 4.90 Å². The third-order valence-electron chi connectivity index (χ3n) is 5.01. The third-order valence-corrected chi connectivity index (χ3v) is 6.44. The molecule has 1 aliphatic rings. The third kappa shape index (κ3) is 3.14. The number of fused-ring (bicyclic) bond motifs is 1. The van der Waals surface area contributed by atoms with Crippen LogP contribution in [0.25, 0.3) is 11.3 Å².